The Balaban J connectivity index is 2.07. The third-order valence-corrected chi connectivity index (χ3v) is 4.84. The molecule has 0 aliphatic heterocycles. The van der Waals surface area contributed by atoms with Crippen molar-refractivity contribution in [1.29, 1.82) is 0 Å². The van der Waals surface area contributed by atoms with E-state index in [1.54, 1.807) is 23.0 Å². The first kappa shape index (κ1) is 16.7. The van der Waals surface area contributed by atoms with Gasteiger partial charge in [0.1, 0.15) is 0 Å². The summed E-state index contributed by atoms with van der Waals surface area (Å²) in [6, 6.07) is 8.90. The molecule has 1 heterocycles. The van der Waals surface area contributed by atoms with E-state index in [0.717, 1.165) is 17.7 Å². The summed E-state index contributed by atoms with van der Waals surface area (Å²) in [5.41, 5.74) is 2.00. The minimum atomic E-state index is -3.50. The van der Waals surface area contributed by atoms with E-state index < -0.39 is 10.0 Å². The molecular weight excluding hydrogens is 298 g/mol. The minimum Gasteiger partial charge on any atom is -0.269 e. The zero-order chi connectivity index (χ0) is 16.2. The fourth-order valence-corrected chi connectivity index (χ4v) is 3.32. The maximum absolute atomic E-state index is 12.3. The van der Waals surface area contributed by atoms with Crippen LogP contribution in [0.4, 0.5) is 0 Å². The predicted octanol–water partition coefficient (Wildman–Crippen LogP) is 2.58. The van der Waals surface area contributed by atoms with Gasteiger partial charge in [0.15, 0.2) is 0 Å². The Kier molecular flexibility index (Phi) is 5.37. The molecule has 0 aliphatic rings. The van der Waals surface area contributed by atoms with Gasteiger partial charge < -0.3 is 0 Å². The van der Waals surface area contributed by atoms with E-state index in [1.165, 1.54) is 0 Å². The highest BCUT2D eigenvalue weighted by Gasteiger charge is 2.14. The maximum atomic E-state index is 12.3. The summed E-state index contributed by atoms with van der Waals surface area (Å²) in [5.74, 6) is 0.551. The Labute approximate surface area is 132 Å². The summed E-state index contributed by atoms with van der Waals surface area (Å²) in [6.07, 6.45) is 2.62. The lowest BCUT2D eigenvalue weighted by Crippen LogP contribution is -2.24. The molecule has 5 nitrogen and oxygen atoms in total. The van der Waals surface area contributed by atoms with Gasteiger partial charge >= 0.3 is 0 Å². The molecule has 120 valence electrons. The number of aryl methyl sites for hydroxylation is 1. The van der Waals surface area contributed by atoms with Crippen LogP contribution in [-0.4, -0.2) is 18.2 Å². The van der Waals surface area contributed by atoms with Gasteiger partial charge in [0.05, 0.1) is 17.1 Å². The average Bonchev–Trinajstić information content (AvgIpc) is 2.92. The average molecular weight is 321 g/mol. The molecule has 0 atom stereocenters. The molecule has 0 unspecified atom stereocenters. The van der Waals surface area contributed by atoms with Crippen LogP contribution >= 0.6 is 0 Å². The summed E-state index contributed by atoms with van der Waals surface area (Å²) in [7, 11) is -3.50. The lowest BCUT2D eigenvalue weighted by molar-refractivity contribution is 0.570. The number of nitrogens with zero attached hydrogens (tertiary/aromatic N) is 2. The van der Waals surface area contributed by atoms with Crippen molar-refractivity contribution < 1.29 is 8.42 Å². The van der Waals surface area contributed by atoms with E-state index in [1.807, 2.05) is 25.1 Å². The third kappa shape index (κ3) is 4.18. The molecule has 0 radical (unpaired) electrons. The van der Waals surface area contributed by atoms with Crippen LogP contribution in [0.5, 0.6) is 0 Å². The molecule has 1 aromatic heterocycles. The van der Waals surface area contributed by atoms with Gasteiger partial charge in [-0.05, 0) is 43.0 Å². The number of hydrogen-bond acceptors (Lipinski definition) is 3. The molecule has 0 bridgehead atoms. The fraction of sp³-hybridized carbons (Fsp3) is 0.438. The van der Waals surface area contributed by atoms with Gasteiger partial charge in [-0.15, -0.1) is 0 Å². The molecule has 0 saturated carbocycles. The molecule has 2 aromatic rings. The number of benzene rings is 1. The van der Waals surface area contributed by atoms with Crippen molar-refractivity contribution in [3.8, 4) is 0 Å². The molecule has 0 fully saturated rings. The molecule has 1 aromatic carbocycles. The Morgan fingerprint density at radius 3 is 2.45 bits per heavy atom. The van der Waals surface area contributed by atoms with Gasteiger partial charge in [0, 0.05) is 12.7 Å². The van der Waals surface area contributed by atoms with Crippen molar-refractivity contribution in [3.05, 3.63) is 47.8 Å². The van der Waals surface area contributed by atoms with Crippen molar-refractivity contribution in [2.24, 2.45) is 5.92 Å². The van der Waals surface area contributed by atoms with Crippen LogP contribution < -0.4 is 4.72 Å². The maximum Gasteiger partial charge on any atom is 0.240 e. The number of sulfonamides is 1. The van der Waals surface area contributed by atoms with Gasteiger partial charge in [0.25, 0.3) is 0 Å². The molecule has 0 aliphatic carbocycles. The van der Waals surface area contributed by atoms with Crippen molar-refractivity contribution in [1.82, 2.24) is 14.5 Å². The number of rotatable bonds is 7. The van der Waals surface area contributed by atoms with Crippen LogP contribution in [0.1, 0.15) is 32.0 Å². The van der Waals surface area contributed by atoms with E-state index >= 15 is 0 Å². The molecule has 0 saturated heterocycles. The second kappa shape index (κ2) is 7.07. The predicted molar refractivity (Wildman–Crippen MR) is 86.9 cm³/mol. The first-order valence-corrected chi connectivity index (χ1v) is 9.00. The number of hydrogen-bond donors (Lipinski definition) is 1. The quantitative estimate of drug-likeness (QED) is 0.852. The number of aromatic nitrogens is 2. The highest BCUT2D eigenvalue weighted by molar-refractivity contribution is 7.89. The zero-order valence-electron chi connectivity index (χ0n) is 13.3. The van der Waals surface area contributed by atoms with E-state index in [4.69, 9.17) is 0 Å². The lowest BCUT2D eigenvalue weighted by atomic mass is 10.0. The van der Waals surface area contributed by atoms with Gasteiger partial charge in [-0.25, -0.2) is 13.1 Å². The van der Waals surface area contributed by atoms with Crippen LogP contribution in [-0.2, 0) is 29.5 Å². The monoisotopic (exact) mass is 321 g/mol. The molecular formula is C16H23N3O2S. The van der Waals surface area contributed by atoms with Crippen LogP contribution in [0.2, 0.25) is 0 Å². The smallest absolute Gasteiger partial charge is 0.240 e. The Hall–Kier alpha value is -1.66. The standard InChI is InChI=1S/C16H23N3O2S/c1-4-19-15(9-10-17-19)12-18-22(20,21)16-7-5-14(6-8-16)11-13(2)3/h5-10,13,18H,4,11-12H2,1-3H3. The summed E-state index contributed by atoms with van der Waals surface area (Å²) in [4.78, 5) is 0.294. The van der Waals surface area contributed by atoms with Crippen LogP contribution in [0.3, 0.4) is 0 Å². The first-order chi connectivity index (χ1) is 10.4. The molecule has 0 amide bonds. The third-order valence-electron chi connectivity index (χ3n) is 3.42. The van der Waals surface area contributed by atoms with Gasteiger partial charge in [-0.2, -0.15) is 5.10 Å². The summed E-state index contributed by atoms with van der Waals surface area (Å²) < 4.78 is 29.0. The highest BCUT2D eigenvalue weighted by Crippen LogP contribution is 2.14. The van der Waals surface area contributed by atoms with E-state index in [0.29, 0.717) is 17.4 Å². The van der Waals surface area contributed by atoms with Crippen molar-refractivity contribution in [2.75, 3.05) is 0 Å². The van der Waals surface area contributed by atoms with Crippen molar-refractivity contribution in [3.63, 3.8) is 0 Å². The SMILES string of the molecule is CCn1nccc1CNS(=O)(=O)c1ccc(CC(C)C)cc1. The van der Waals surface area contributed by atoms with Gasteiger partial charge in [0.2, 0.25) is 10.0 Å². The normalized spacial score (nSPS) is 12.0. The second-order valence-corrected chi connectivity index (χ2v) is 7.47. The Morgan fingerprint density at radius 1 is 1.18 bits per heavy atom. The molecule has 2 rings (SSSR count). The Morgan fingerprint density at radius 2 is 1.86 bits per heavy atom. The largest absolute Gasteiger partial charge is 0.269 e. The lowest BCUT2D eigenvalue weighted by Gasteiger charge is -2.09. The van der Waals surface area contributed by atoms with Gasteiger partial charge in [-0.1, -0.05) is 26.0 Å². The summed E-state index contributed by atoms with van der Waals surface area (Å²) in [6.45, 7) is 7.21. The molecule has 0 spiro atoms. The molecule has 1 N–H and O–H groups in total. The topological polar surface area (TPSA) is 64.0 Å². The van der Waals surface area contributed by atoms with E-state index in [-0.39, 0.29) is 6.54 Å². The van der Waals surface area contributed by atoms with E-state index in [2.05, 4.69) is 23.7 Å². The molecule has 22 heavy (non-hydrogen) atoms. The van der Waals surface area contributed by atoms with Crippen molar-refractivity contribution in [2.45, 2.75) is 45.2 Å². The van der Waals surface area contributed by atoms with E-state index in [9.17, 15) is 8.42 Å². The zero-order valence-corrected chi connectivity index (χ0v) is 14.1. The summed E-state index contributed by atoms with van der Waals surface area (Å²) >= 11 is 0. The number of nitrogens with one attached hydrogen (secondary N) is 1. The first-order valence-electron chi connectivity index (χ1n) is 7.51. The van der Waals surface area contributed by atoms with Crippen molar-refractivity contribution >= 4 is 10.0 Å². The fourth-order valence-electron chi connectivity index (χ4n) is 2.32. The second-order valence-electron chi connectivity index (χ2n) is 5.70. The van der Waals surface area contributed by atoms with Crippen LogP contribution in [0.25, 0.3) is 0 Å². The summed E-state index contributed by atoms with van der Waals surface area (Å²) in [5, 5.41) is 4.13. The Bertz CT molecular complexity index is 703. The highest BCUT2D eigenvalue weighted by atomic mass is 32.2. The molecule has 6 heteroatoms. The van der Waals surface area contributed by atoms with Gasteiger partial charge in [-0.3, -0.25) is 4.68 Å². The minimum absolute atomic E-state index is 0.240. The van der Waals surface area contributed by atoms with Crippen LogP contribution in [0, 0.1) is 5.92 Å². The van der Waals surface area contributed by atoms with Crippen LogP contribution in [0.15, 0.2) is 41.4 Å².